The predicted molar refractivity (Wildman–Crippen MR) is 77.5 cm³/mol. The van der Waals surface area contributed by atoms with Crippen molar-refractivity contribution in [2.24, 2.45) is 0 Å². The maximum Gasteiger partial charge on any atom is 0.271 e. The van der Waals surface area contributed by atoms with Gasteiger partial charge in [0.2, 0.25) is 0 Å². The summed E-state index contributed by atoms with van der Waals surface area (Å²) in [5, 5.41) is 7.26. The molecule has 0 radical (unpaired) electrons. The lowest BCUT2D eigenvalue weighted by molar-refractivity contribution is 0.0942. The first-order chi connectivity index (χ1) is 9.60. The second-order valence-corrected chi connectivity index (χ2v) is 4.92. The van der Waals surface area contributed by atoms with Crippen molar-refractivity contribution < 1.29 is 9.59 Å². The van der Waals surface area contributed by atoms with Gasteiger partial charge < -0.3 is 16.4 Å². The van der Waals surface area contributed by atoms with Crippen LogP contribution in [-0.4, -0.2) is 23.8 Å². The van der Waals surface area contributed by atoms with Crippen LogP contribution in [0.4, 0.5) is 5.13 Å². The summed E-state index contributed by atoms with van der Waals surface area (Å²) in [6.07, 6.45) is 0. The summed E-state index contributed by atoms with van der Waals surface area (Å²) in [6, 6.07) is 7.00. The molecule has 1 heterocycles. The van der Waals surface area contributed by atoms with Crippen LogP contribution in [-0.2, 0) is 6.54 Å². The van der Waals surface area contributed by atoms with E-state index in [1.807, 2.05) is 0 Å². The van der Waals surface area contributed by atoms with Gasteiger partial charge in [0.25, 0.3) is 11.8 Å². The number of carbonyl (C=O) groups excluding carboxylic acids is 2. The monoisotopic (exact) mass is 290 g/mol. The zero-order valence-corrected chi connectivity index (χ0v) is 11.7. The Bertz CT molecular complexity index is 622. The number of amides is 2. The molecule has 1 aromatic carbocycles. The number of carbonyl (C=O) groups is 2. The van der Waals surface area contributed by atoms with Gasteiger partial charge in [0.15, 0.2) is 5.13 Å². The number of hydrogen-bond acceptors (Lipinski definition) is 5. The number of nitrogens with two attached hydrogens (primary N) is 1. The number of thiazole rings is 1. The van der Waals surface area contributed by atoms with Crippen molar-refractivity contribution in [1.29, 1.82) is 0 Å². The average Bonchev–Trinajstić information content (AvgIpc) is 2.91. The van der Waals surface area contributed by atoms with Gasteiger partial charge in [-0.1, -0.05) is 12.1 Å². The normalized spacial score (nSPS) is 10.1. The van der Waals surface area contributed by atoms with Gasteiger partial charge in [-0.2, -0.15) is 0 Å². The largest absolute Gasteiger partial charge is 0.375 e. The Hall–Kier alpha value is -2.41. The van der Waals surface area contributed by atoms with Gasteiger partial charge >= 0.3 is 0 Å². The van der Waals surface area contributed by atoms with Crippen LogP contribution in [0.15, 0.2) is 29.6 Å². The molecule has 0 saturated heterocycles. The molecule has 0 aliphatic carbocycles. The molecule has 2 amide bonds. The molecule has 0 spiro atoms. The van der Waals surface area contributed by atoms with Crippen molar-refractivity contribution in [2.45, 2.75) is 6.54 Å². The molecule has 0 fully saturated rings. The van der Waals surface area contributed by atoms with E-state index in [4.69, 9.17) is 5.73 Å². The Labute approximate surface area is 120 Å². The quantitative estimate of drug-likeness (QED) is 0.783. The minimum absolute atomic E-state index is 0.140. The van der Waals surface area contributed by atoms with Crippen molar-refractivity contribution >= 4 is 28.3 Å². The number of nitrogens with zero attached hydrogens (tertiary/aromatic N) is 1. The topological polar surface area (TPSA) is 97.1 Å². The lowest BCUT2D eigenvalue weighted by Crippen LogP contribution is -2.23. The minimum Gasteiger partial charge on any atom is -0.375 e. The number of hydrogen-bond donors (Lipinski definition) is 3. The highest BCUT2D eigenvalue weighted by molar-refractivity contribution is 7.13. The first kappa shape index (κ1) is 14.0. The smallest absolute Gasteiger partial charge is 0.271 e. The maximum atomic E-state index is 11.8. The van der Waals surface area contributed by atoms with Crippen LogP contribution in [0.3, 0.4) is 0 Å². The van der Waals surface area contributed by atoms with Crippen LogP contribution in [0.1, 0.15) is 26.4 Å². The Morgan fingerprint density at radius 3 is 2.50 bits per heavy atom. The van der Waals surface area contributed by atoms with Gasteiger partial charge in [0.05, 0.1) is 0 Å². The van der Waals surface area contributed by atoms with E-state index in [9.17, 15) is 9.59 Å². The summed E-state index contributed by atoms with van der Waals surface area (Å²) in [7, 11) is 1.58. The molecule has 7 heteroatoms. The fourth-order valence-electron chi connectivity index (χ4n) is 1.58. The number of rotatable bonds is 4. The van der Waals surface area contributed by atoms with Crippen LogP contribution in [0.2, 0.25) is 0 Å². The van der Waals surface area contributed by atoms with Crippen molar-refractivity contribution in [3.8, 4) is 0 Å². The summed E-state index contributed by atoms with van der Waals surface area (Å²) in [4.78, 5) is 27.0. The molecule has 2 aromatic rings. The van der Waals surface area contributed by atoms with Crippen LogP contribution in [0.5, 0.6) is 0 Å². The van der Waals surface area contributed by atoms with Crippen LogP contribution in [0.25, 0.3) is 0 Å². The Morgan fingerprint density at radius 1 is 1.25 bits per heavy atom. The SMILES string of the molecule is CNC(=O)c1ccc(CNC(=O)c2csc(N)n2)cc1. The molecule has 0 bridgehead atoms. The second kappa shape index (κ2) is 6.16. The molecule has 104 valence electrons. The lowest BCUT2D eigenvalue weighted by Gasteiger charge is -2.05. The van der Waals surface area contributed by atoms with Crippen LogP contribution < -0.4 is 16.4 Å². The van der Waals surface area contributed by atoms with E-state index in [0.29, 0.717) is 22.9 Å². The Morgan fingerprint density at radius 2 is 1.95 bits per heavy atom. The Balaban J connectivity index is 1.94. The van der Waals surface area contributed by atoms with Crippen molar-refractivity contribution in [2.75, 3.05) is 12.8 Å². The summed E-state index contributed by atoms with van der Waals surface area (Å²) in [6.45, 7) is 0.365. The van der Waals surface area contributed by atoms with Gasteiger partial charge in [-0.3, -0.25) is 9.59 Å². The van der Waals surface area contributed by atoms with Crippen molar-refractivity contribution in [1.82, 2.24) is 15.6 Å². The highest BCUT2D eigenvalue weighted by Crippen LogP contribution is 2.11. The highest BCUT2D eigenvalue weighted by Gasteiger charge is 2.09. The van der Waals surface area contributed by atoms with Gasteiger partial charge in [0.1, 0.15) is 5.69 Å². The van der Waals surface area contributed by atoms with E-state index in [1.165, 1.54) is 11.3 Å². The third-order valence-electron chi connectivity index (χ3n) is 2.65. The zero-order chi connectivity index (χ0) is 14.5. The second-order valence-electron chi connectivity index (χ2n) is 4.03. The van der Waals surface area contributed by atoms with Gasteiger partial charge in [0, 0.05) is 24.5 Å². The number of nitrogen functional groups attached to an aromatic ring is 1. The van der Waals surface area contributed by atoms with E-state index < -0.39 is 0 Å². The summed E-state index contributed by atoms with van der Waals surface area (Å²) < 4.78 is 0. The highest BCUT2D eigenvalue weighted by atomic mass is 32.1. The summed E-state index contributed by atoms with van der Waals surface area (Å²) in [5.41, 5.74) is 7.26. The molecule has 4 N–H and O–H groups in total. The summed E-state index contributed by atoms with van der Waals surface area (Å²) >= 11 is 1.22. The summed E-state index contributed by atoms with van der Waals surface area (Å²) in [5.74, 6) is -0.410. The van der Waals surface area contributed by atoms with Crippen molar-refractivity contribution in [3.05, 3.63) is 46.5 Å². The van der Waals surface area contributed by atoms with Crippen LogP contribution >= 0.6 is 11.3 Å². The third-order valence-corrected chi connectivity index (χ3v) is 3.32. The number of benzene rings is 1. The fraction of sp³-hybridized carbons (Fsp3) is 0.154. The van der Waals surface area contributed by atoms with Gasteiger partial charge in [-0.05, 0) is 17.7 Å². The molecule has 20 heavy (non-hydrogen) atoms. The predicted octanol–water partition coefficient (Wildman–Crippen LogP) is 1.01. The fourth-order valence-corrected chi connectivity index (χ4v) is 2.13. The lowest BCUT2D eigenvalue weighted by atomic mass is 10.1. The zero-order valence-electron chi connectivity index (χ0n) is 10.8. The standard InChI is InChI=1S/C13H14N4O2S/c1-15-11(18)9-4-2-8(3-5-9)6-16-12(19)10-7-20-13(14)17-10/h2-5,7H,6H2,1H3,(H2,14,17)(H,15,18)(H,16,19). The van der Waals surface area contributed by atoms with E-state index in [0.717, 1.165) is 5.56 Å². The van der Waals surface area contributed by atoms with E-state index in [1.54, 1.807) is 36.7 Å². The van der Waals surface area contributed by atoms with E-state index in [-0.39, 0.29) is 11.8 Å². The van der Waals surface area contributed by atoms with Crippen molar-refractivity contribution in [3.63, 3.8) is 0 Å². The third kappa shape index (κ3) is 3.33. The van der Waals surface area contributed by atoms with E-state index in [2.05, 4.69) is 15.6 Å². The first-order valence-electron chi connectivity index (χ1n) is 5.90. The Kier molecular flexibility index (Phi) is 4.31. The molecule has 0 aliphatic heterocycles. The molecular formula is C13H14N4O2S. The molecule has 2 rings (SSSR count). The first-order valence-corrected chi connectivity index (χ1v) is 6.78. The number of aromatic nitrogens is 1. The van der Waals surface area contributed by atoms with Crippen LogP contribution in [0, 0.1) is 0 Å². The van der Waals surface area contributed by atoms with Gasteiger partial charge in [-0.25, -0.2) is 4.98 Å². The molecule has 1 aromatic heterocycles. The molecular weight excluding hydrogens is 276 g/mol. The molecule has 0 unspecified atom stereocenters. The molecule has 6 nitrogen and oxygen atoms in total. The van der Waals surface area contributed by atoms with E-state index >= 15 is 0 Å². The molecule has 0 saturated carbocycles. The molecule has 0 aliphatic rings. The molecule has 0 atom stereocenters. The number of anilines is 1. The maximum absolute atomic E-state index is 11.8. The minimum atomic E-state index is -0.270. The van der Waals surface area contributed by atoms with Gasteiger partial charge in [-0.15, -0.1) is 11.3 Å². The average molecular weight is 290 g/mol. The number of nitrogens with one attached hydrogen (secondary N) is 2.